The van der Waals surface area contributed by atoms with E-state index in [0.717, 1.165) is 36.8 Å². The molecule has 1 saturated carbocycles. The highest BCUT2D eigenvalue weighted by Crippen LogP contribution is 2.25. The molecular weight excluding hydrogens is 210 g/mol. The molecule has 2 N–H and O–H groups in total. The van der Waals surface area contributed by atoms with Crippen molar-refractivity contribution >= 4 is 6.08 Å². The molecule has 0 saturated heterocycles. The summed E-state index contributed by atoms with van der Waals surface area (Å²) in [6, 6.07) is 4.13. The average molecular weight is 233 g/mol. The van der Waals surface area contributed by atoms with E-state index in [0.29, 0.717) is 0 Å². The fourth-order valence-corrected chi connectivity index (χ4v) is 2.45. The Morgan fingerprint density at radius 2 is 2.06 bits per heavy atom. The van der Waals surface area contributed by atoms with Crippen LogP contribution in [0.3, 0.4) is 0 Å². The molecular formula is C15H23NO. The van der Waals surface area contributed by atoms with Crippen molar-refractivity contribution < 1.29 is 4.42 Å². The van der Waals surface area contributed by atoms with E-state index in [2.05, 4.69) is 24.3 Å². The molecule has 2 nitrogen and oxygen atoms in total. The van der Waals surface area contributed by atoms with Crippen LogP contribution in [0.15, 0.2) is 22.6 Å². The van der Waals surface area contributed by atoms with Gasteiger partial charge in [-0.15, -0.1) is 0 Å². The lowest BCUT2D eigenvalue weighted by Gasteiger charge is -2.17. The molecule has 0 aliphatic heterocycles. The third kappa shape index (κ3) is 4.04. The van der Waals surface area contributed by atoms with E-state index in [1.807, 2.05) is 0 Å². The molecule has 1 heterocycles. The normalized spacial score (nSPS) is 17.9. The Morgan fingerprint density at radius 3 is 2.82 bits per heavy atom. The topological polar surface area (TPSA) is 39.2 Å². The summed E-state index contributed by atoms with van der Waals surface area (Å²) in [5.74, 6) is 2.81. The SMILES string of the molecule is NCCCc1ccc(/C=C/C2CCCCC2)o1. The fourth-order valence-electron chi connectivity index (χ4n) is 2.45. The van der Waals surface area contributed by atoms with Gasteiger partial charge in [-0.05, 0) is 49.9 Å². The van der Waals surface area contributed by atoms with Crippen molar-refractivity contribution in [3.05, 3.63) is 29.7 Å². The van der Waals surface area contributed by atoms with Crippen LogP contribution in [0.2, 0.25) is 0 Å². The second kappa shape index (κ2) is 6.65. The maximum Gasteiger partial charge on any atom is 0.126 e. The zero-order valence-electron chi connectivity index (χ0n) is 10.5. The number of nitrogens with two attached hydrogens (primary N) is 1. The van der Waals surface area contributed by atoms with Crippen molar-refractivity contribution in [3.63, 3.8) is 0 Å². The van der Waals surface area contributed by atoms with Crippen LogP contribution in [-0.4, -0.2) is 6.54 Å². The summed E-state index contributed by atoms with van der Waals surface area (Å²) in [4.78, 5) is 0. The summed E-state index contributed by atoms with van der Waals surface area (Å²) in [6.45, 7) is 0.730. The molecule has 0 unspecified atom stereocenters. The third-order valence-corrected chi connectivity index (χ3v) is 3.49. The first-order chi connectivity index (χ1) is 8.38. The predicted molar refractivity (Wildman–Crippen MR) is 71.7 cm³/mol. The van der Waals surface area contributed by atoms with E-state index in [-0.39, 0.29) is 0 Å². The molecule has 0 radical (unpaired) electrons. The molecule has 1 aromatic rings. The summed E-state index contributed by atoms with van der Waals surface area (Å²) in [5, 5.41) is 0. The van der Waals surface area contributed by atoms with Gasteiger partial charge in [-0.3, -0.25) is 0 Å². The molecule has 0 atom stereocenters. The van der Waals surface area contributed by atoms with Gasteiger partial charge in [-0.1, -0.05) is 25.3 Å². The summed E-state index contributed by atoms with van der Waals surface area (Å²) < 4.78 is 5.73. The Bertz CT molecular complexity index is 348. The number of hydrogen-bond acceptors (Lipinski definition) is 2. The molecule has 17 heavy (non-hydrogen) atoms. The van der Waals surface area contributed by atoms with Gasteiger partial charge in [0.15, 0.2) is 0 Å². The van der Waals surface area contributed by atoms with Crippen LogP contribution in [0, 0.1) is 5.92 Å². The van der Waals surface area contributed by atoms with Crippen molar-refractivity contribution in [1.82, 2.24) is 0 Å². The third-order valence-electron chi connectivity index (χ3n) is 3.49. The number of hydrogen-bond donors (Lipinski definition) is 1. The number of allylic oxidation sites excluding steroid dienone is 1. The van der Waals surface area contributed by atoms with E-state index in [9.17, 15) is 0 Å². The summed E-state index contributed by atoms with van der Waals surface area (Å²) in [7, 11) is 0. The first-order valence-corrected chi connectivity index (χ1v) is 6.85. The largest absolute Gasteiger partial charge is 0.462 e. The predicted octanol–water partition coefficient (Wildman–Crippen LogP) is 3.76. The summed E-state index contributed by atoms with van der Waals surface area (Å²) in [5.41, 5.74) is 5.48. The van der Waals surface area contributed by atoms with Crippen LogP contribution >= 0.6 is 0 Å². The van der Waals surface area contributed by atoms with Gasteiger partial charge in [-0.2, -0.15) is 0 Å². The van der Waals surface area contributed by atoms with Crippen LogP contribution in [-0.2, 0) is 6.42 Å². The molecule has 1 fully saturated rings. The van der Waals surface area contributed by atoms with Gasteiger partial charge in [-0.25, -0.2) is 0 Å². The molecule has 2 rings (SSSR count). The van der Waals surface area contributed by atoms with E-state index in [1.165, 1.54) is 32.1 Å². The highest BCUT2D eigenvalue weighted by Gasteiger charge is 2.09. The lowest BCUT2D eigenvalue weighted by molar-refractivity contribution is 0.420. The molecule has 1 aromatic heterocycles. The van der Waals surface area contributed by atoms with Gasteiger partial charge in [0.05, 0.1) is 0 Å². The van der Waals surface area contributed by atoms with Crippen LogP contribution in [0.4, 0.5) is 0 Å². The Hall–Kier alpha value is -1.02. The maximum absolute atomic E-state index is 5.73. The van der Waals surface area contributed by atoms with Crippen LogP contribution in [0.1, 0.15) is 50.0 Å². The van der Waals surface area contributed by atoms with E-state index >= 15 is 0 Å². The second-order valence-corrected chi connectivity index (χ2v) is 4.95. The minimum atomic E-state index is 0.730. The molecule has 0 aromatic carbocycles. The van der Waals surface area contributed by atoms with Gasteiger partial charge < -0.3 is 10.2 Å². The van der Waals surface area contributed by atoms with Crippen LogP contribution in [0.25, 0.3) is 6.08 Å². The molecule has 0 amide bonds. The Morgan fingerprint density at radius 1 is 1.24 bits per heavy atom. The zero-order chi connectivity index (χ0) is 11.9. The Balaban J connectivity index is 1.84. The second-order valence-electron chi connectivity index (χ2n) is 4.95. The first-order valence-electron chi connectivity index (χ1n) is 6.85. The minimum Gasteiger partial charge on any atom is -0.462 e. The van der Waals surface area contributed by atoms with E-state index < -0.39 is 0 Å². The first kappa shape index (κ1) is 12.4. The highest BCUT2D eigenvalue weighted by atomic mass is 16.3. The van der Waals surface area contributed by atoms with Crippen molar-refractivity contribution in [1.29, 1.82) is 0 Å². The smallest absolute Gasteiger partial charge is 0.126 e. The molecule has 0 bridgehead atoms. The number of aryl methyl sites for hydroxylation is 1. The van der Waals surface area contributed by atoms with Crippen molar-refractivity contribution in [2.45, 2.75) is 44.9 Å². The monoisotopic (exact) mass is 233 g/mol. The van der Waals surface area contributed by atoms with Crippen molar-refractivity contribution in [3.8, 4) is 0 Å². The zero-order valence-corrected chi connectivity index (χ0v) is 10.5. The van der Waals surface area contributed by atoms with Gasteiger partial charge in [0.25, 0.3) is 0 Å². The molecule has 0 spiro atoms. The molecule has 94 valence electrons. The molecule has 1 aliphatic carbocycles. The molecule has 2 heteroatoms. The maximum atomic E-state index is 5.73. The van der Waals surface area contributed by atoms with Gasteiger partial charge in [0.2, 0.25) is 0 Å². The van der Waals surface area contributed by atoms with E-state index in [1.54, 1.807) is 0 Å². The Kier molecular flexibility index (Phi) is 4.87. The summed E-state index contributed by atoms with van der Waals surface area (Å²) in [6.07, 6.45) is 13.3. The van der Waals surface area contributed by atoms with Crippen LogP contribution in [0.5, 0.6) is 0 Å². The van der Waals surface area contributed by atoms with Crippen molar-refractivity contribution in [2.75, 3.05) is 6.54 Å². The van der Waals surface area contributed by atoms with Gasteiger partial charge in [0, 0.05) is 6.42 Å². The molecule has 1 aliphatic rings. The number of furan rings is 1. The average Bonchev–Trinajstić information content (AvgIpc) is 2.83. The lowest BCUT2D eigenvalue weighted by atomic mass is 9.89. The highest BCUT2D eigenvalue weighted by molar-refractivity contribution is 5.43. The fraction of sp³-hybridized carbons (Fsp3) is 0.600. The number of rotatable bonds is 5. The van der Waals surface area contributed by atoms with Gasteiger partial charge in [0.1, 0.15) is 11.5 Å². The van der Waals surface area contributed by atoms with Gasteiger partial charge >= 0.3 is 0 Å². The minimum absolute atomic E-state index is 0.730. The summed E-state index contributed by atoms with van der Waals surface area (Å²) >= 11 is 0. The van der Waals surface area contributed by atoms with Crippen molar-refractivity contribution in [2.24, 2.45) is 11.7 Å². The van der Waals surface area contributed by atoms with E-state index in [4.69, 9.17) is 10.2 Å². The van der Waals surface area contributed by atoms with Crippen LogP contribution < -0.4 is 5.73 Å². The lowest BCUT2D eigenvalue weighted by Crippen LogP contribution is -2.02. The quantitative estimate of drug-likeness (QED) is 0.841. The Labute approximate surface area is 104 Å². The standard InChI is InChI=1S/C15H23NO/c16-12-4-7-14-10-11-15(17-14)9-8-13-5-2-1-3-6-13/h8-11,13H,1-7,12,16H2/b9-8+.